The van der Waals surface area contributed by atoms with Crippen LogP contribution < -0.4 is 16.4 Å². The summed E-state index contributed by atoms with van der Waals surface area (Å²) in [6.07, 6.45) is 0. The van der Waals surface area contributed by atoms with Gasteiger partial charge in [-0.05, 0) is 12.5 Å². The number of rotatable bonds is 4. The third-order valence-corrected chi connectivity index (χ3v) is 4.39. The highest BCUT2D eigenvalue weighted by molar-refractivity contribution is 7.17. The second-order valence-electron chi connectivity index (χ2n) is 4.84. The van der Waals surface area contributed by atoms with Crippen LogP contribution in [0.2, 0.25) is 0 Å². The summed E-state index contributed by atoms with van der Waals surface area (Å²) in [4.78, 5) is 13.8. The average molecular weight is 300 g/mol. The lowest BCUT2D eigenvalue weighted by Crippen LogP contribution is -2.21. The number of nitrogens with two attached hydrogens (primary N) is 2. The standard InChI is InChI=1S/C15H16N4OS/c1-9-3-5-10(6-4-9)8-19(2)15-12(14(18)20)13(17)11(7-16)21-15/h3-6H,8,17H2,1-2H3,(H2,18,20). The van der Waals surface area contributed by atoms with E-state index in [0.29, 0.717) is 16.4 Å². The maximum absolute atomic E-state index is 11.6. The molecule has 1 amide bonds. The van der Waals surface area contributed by atoms with E-state index in [1.54, 1.807) is 0 Å². The number of aryl methyl sites for hydroxylation is 1. The summed E-state index contributed by atoms with van der Waals surface area (Å²) in [6.45, 7) is 2.63. The molecule has 0 saturated carbocycles. The minimum Gasteiger partial charge on any atom is -0.396 e. The molecule has 2 aromatic rings. The van der Waals surface area contributed by atoms with Gasteiger partial charge in [-0.2, -0.15) is 5.26 Å². The average Bonchev–Trinajstić information content (AvgIpc) is 2.78. The number of benzene rings is 1. The number of anilines is 2. The summed E-state index contributed by atoms with van der Waals surface area (Å²) >= 11 is 1.18. The van der Waals surface area contributed by atoms with E-state index in [2.05, 4.69) is 0 Å². The predicted octanol–water partition coefficient (Wildman–Crippen LogP) is 2.25. The third-order valence-electron chi connectivity index (χ3n) is 3.16. The molecule has 0 radical (unpaired) electrons. The molecule has 6 heteroatoms. The highest BCUT2D eigenvalue weighted by atomic mass is 32.1. The molecule has 108 valence electrons. The van der Waals surface area contributed by atoms with Gasteiger partial charge in [0.25, 0.3) is 5.91 Å². The lowest BCUT2D eigenvalue weighted by Gasteiger charge is -2.18. The third kappa shape index (κ3) is 2.98. The molecule has 0 atom stereocenters. The molecule has 0 aliphatic rings. The molecule has 0 unspecified atom stereocenters. The van der Waals surface area contributed by atoms with E-state index in [4.69, 9.17) is 16.7 Å². The van der Waals surface area contributed by atoms with Crippen LogP contribution in [-0.2, 0) is 6.54 Å². The topological polar surface area (TPSA) is 96.1 Å². The first-order valence-electron chi connectivity index (χ1n) is 6.33. The van der Waals surface area contributed by atoms with Crippen molar-refractivity contribution >= 4 is 27.9 Å². The number of amides is 1. The van der Waals surface area contributed by atoms with Crippen molar-refractivity contribution in [1.29, 1.82) is 5.26 Å². The normalized spacial score (nSPS) is 10.1. The molecule has 0 spiro atoms. The van der Waals surface area contributed by atoms with E-state index >= 15 is 0 Å². The zero-order chi connectivity index (χ0) is 15.6. The van der Waals surface area contributed by atoms with Gasteiger partial charge in [-0.3, -0.25) is 4.79 Å². The van der Waals surface area contributed by atoms with Crippen molar-refractivity contribution < 1.29 is 4.79 Å². The molecule has 0 saturated heterocycles. The molecular weight excluding hydrogens is 284 g/mol. The van der Waals surface area contributed by atoms with Gasteiger partial charge in [0.15, 0.2) is 0 Å². The van der Waals surface area contributed by atoms with Crippen LogP contribution in [0.15, 0.2) is 24.3 Å². The Hall–Kier alpha value is -2.52. The maximum atomic E-state index is 11.6. The monoisotopic (exact) mass is 300 g/mol. The van der Waals surface area contributed by atoms with Gasteiger partial charge in [0.1, 0.15) is 15.9 Å². The minimum absolute atomic E-state index is 0.167. The quantitative estimate of drug-likeness (QED) is 0.905. The fraction of sp³-hybridized carbons (Fsp3) is 0.200. The lowest BCUT2D eigenvalue weighted by molar-refractivity contribution is 0.100. The summed E-state index contributed by atoms with van der Waals surface area (Å²) in [5, 5.41) is 9.67. The second kappa shape index (κ2) is 5.85. The van der Waals surface area contributed by atoms with Crippen LogP contribution in [0.25, 0.3) is 0 Å². The number of thiophene rings is 1. The maximum Gasteiger partial charge on any atom is 0.253 e. The van der Waals surface area contributed by atoms with E-state index in [1.165, 1.54) is 16.9 Å². The smallest absolute Gasteiger partial charge is 0.253 e. The Labute approximate surface area is 127 Å². The molecule has 4 N–H and O–H groups in total. The molecule has 0 bridgehead atoms. The molecule has 0 aliphatic carbocycles. The molecule has 0 aliphatic heterocycles. The summed E-state index contributed by atoms with van der Waals surface area (Å²) in [7, 11) is 1.85. The van der Waals surface area contributed by atoms with Crippen LogP contribution >= 0.6 is 11.3 Å². The van der Waals surface area contributed by atoms with E-state index in [1.807, 2.05) is 49.2 Å². The van der Waals surface area contributed by atoms with Gasteiger partial charge >= 0.3 is 0 Å². The summed E-state index contributed by atoms with van der Waals surface area (Å²) in [6, 6.07) is 10.1. The number of nitriles is 1. The van der Waals surface area contributed by atoms with Crippen LogP contribution in [-0.4, -0.2) is 13.0 Å². The Morgan fingerprint density at radius 3 is 2.52 bits per heavy atom. The van der Waals surface area contributed by atoms with Gasteiger partial charge in [0.2, 0.25) is 0 Å². The van der Waals surface area contributed by atoms with Crippen molar-refractivity contribution in [3.05, 3.63) is 45.8 Å². The highest BCUT2D eigenvalue weighted by Crippen LogP contribution is 2.37. The summed E-state index contributed by atoms with van der Waals surface area (Å²) < 4.78 is 0. The Morgan fingerprint density at radius 2 is 2.00 bits per heavy atom. The predicted molar refractivity (Wildman–Crippen MR) is 85.3 cm³/mol. The van der Waals surface area contributed by atoms with Gasteiger partial charge in [-0.25, -0.2) is 0 Å². The van der Waals surface area contributed by atoms with Crippen molar-refractivity contribution in [3.63, 3.8) is 0 Å². The second-order valence-corrected chi connectivity index (χ2v) is 5.84. The van der Waals surface area contributed by atoms with Crippen molar-refractivity contribution in [2.75, 3.05) is 17.7 Å². The zero-order valence-electron chi connectivity index (χ0n) is 11.9. The van der Waals surface area contributed by atoms with Crippen LogP contribution in [0.3, 0.4) is 0 Å². The number of nitrogen functional groups attached to an aromatic ring is 1. The van der Waals surface area contributed by atoms with Crippen molar-refractivity contribution in [2.45, 2.75) is 13.5 Å². The SMILES string of the molecule is Cc1ccc(CN(C)c2sc(C#N)c(N)c2C(N)=O)cc1. The van der Waals surface area contributed by atoms with Crippen molar-refractivity contribution in [1.82, 2.24) is 0 Å². The Balaban J connectivity index is 2.35. The number of primary amides is 1. The van der Waals surface area contributed by atoms with Crippen LogP contribution in [0.5, 0.6) is 0 Å². The van der Waals surface area contributed by atoms with E-state index in [9.17, 15) is 4.79 Å². The fourth-order valence-electron chi connectivity index (χ4n) is 2.06. The van der Waals surface area contributed by atoms with Crippen molar-refractivity contribution in [2.24, 2.45) is 5.73 Å². The zero-order valence-corrected chi connectivity index (χ0v) is 12.7. The van der Waals surface area contributed by atoms with Gasteiger partial charge in [0.05, 0.1) is 11.3 Å². The Kier molecular flexibility index (Phi) is 4.15. The fourth-order valence-corrected chi connectivity index (χ4v) is 3.04. The number of carbonyl (C=O) groups is 1. The largest absolute Gasteiger partial charge is 0.396 e. The van der Waals surface area contributed by atoms with Crippen molar-refractivity contribution in [3.8, 4) is 6.07 Å². The molecule has 5 nitrogen and oxygen atoms in total. The molecule has 2 rings (SSSR count). The van der Waals surface area contributed by atoms with Gasteiger partial charge in [-0.15, -0.1) is 11.3 Å². The van der Waals surface area contributed by atoms with E-state index in [0.717, 1.165) is 5.56 Å². The first kappa shape index (κ1) is 14.9. The van der Waals surface area contributed by atoms with Gasteiger partial charge in [-0.1, -0.05) is 29.8 Å². The van der Waals surface area contributed by atoms with E-state index < -0.39 is 5.91 Å². The first-order valence-corrected chi connectivity index (χ1v) is 7.14. The molecule has 1 aromatic heterocycles. The van der Waals surface area contributed by atoms with Crippen LogP contribution in [0.4, 0.5) is 10.7 Å². The molecule has 21 heavy (non-hydrogen) atoms. The molecule has 1 aromatic carbocycles. The molecule has 1 heterocycles. The molecule has 0 fully saturated rings. The minimum atomic E-state index is -0.615. The molecular formula is C15H16N4OS. The van der Waals surface area contributed by atoms with Crippen LogP contribution in [0, 0.1) is 18.3 Å². The van der Waals surface area contributed by atoms with E-state index in [-0.39, 0.29) is 11.3 Å². The summed E-state index contributed by atoms with van der Waals surface area (Å²) in [5.41, 5.74) is 13.9. The number of hydrogen-bond acceptors (Lipinski definition) is 5. The highest BCUT2D eigenvalue weighted by Gasteiger charge is 2.22. The Morgan fingerprint density at radius 1 is 1.38 bits per heavy atom. The number of nitrogens with zero attached hydrogens (tertiary/aromatic N) is 2. The number of hydrogen-bond donors (Lipinski definition) is 2. The summed E-state index contributed by atoms with van der Waals surface area (Å²) in [5.74, 6) is -0.615. The van der Waals surface area contributed by atoms with Gasteiger partial charge < -0.3 is 16.4 Å². The van der Waals surface area contributed by atoms with Gasteiger partial charge in [0, 0.05) is 13.6 Å². The Bertz CT molecular complexity index is 713. The lowest BCUT2D eigenvalue weighted by atomic mass is 10.1. The van der Waals surface area contributed by atoms with Crippen LogP contribution in [0.1, 0.15) is 26.4 Å². The first-order chi connectivity index (χ1) is 9.93. The number of carbonyl (C=O) groups excluding carboxylic acids is 1.